The van der Waals surface area contributed by atoms with Crippen LogP contribution in [0.25, 0.3) is 5.65 Å². The molecule has 0 spiro atoms. The van der Waals surface area contributed by atoms with Gasteiger partial charge >= 0.3 is 5.97 Å². The Balaban J connectivity index is 1.59. The van der Waals surface area contributed by atoms with Crippen molar-refractivity contribution in [2.75, 3.05) is 0 Å². The molecule has 12 heteroatoms. The van der Waals surface area contributed by atoms with E-state index in [-0.39, 0.29) is 47.1 Å². The highest BCUT2D eigenvalue weighted by molar-refractivity contribution is 6.02. The van der Waals surface area contributed by atoms with Gasteiger partial charge in [-0.2, -0.15) is 5.10 Å². The zero-order valence-electron chi connectivity index (χ0n) is 19.5. The van der Waals surface area contributed by atoms with Crippen molar-refractivity contribution in [2.45, 2.75) is 20.0 Å². The maximum atomic E-state index is 13.5. The second kappa shape index (κ2) is 10.2. The zero-order chi connectivity index (χ0) is 26.7. The van der Waals surface area contributed by atoms with E-state index in [0.29, 0.717) is 16.7 Å². The van der Waals surface area contributed by atoms with Crippen LogP contribution in [0.3, 0.4) is 0 Å². The van der Waals surface area contributed by atoms with Crippen molar-refractivity contribution in [1.29, 1.82) is 0 Å². The highest BCUT2D eigenvalue weighted by Gasteiger charge is 2.21. The number of hydrogen-bond donors (Lipinski definition) is 4. The summed E-state index contributed by atoms with van der Waals surface area (Å²) in [4.78, 5) is 52.9. The molecule has 0 aliphatic rings. The largest absolute Gasteiger partial charge is 0.478 e. The molecular weight excluding hydrogens is 483 g/mol. The van der Waals surface area contributed by atoms with Crippen molar-refractivity contribution < 1.29 is 28.7 Å². The quantitative estimate of drug-likeness (QED) is 0.284. The van der Waals surface area contributed by atoms with Crippen LogP contribution >= 0.6 is 0 Å². The molecule has 37 heavy (non-hydrogen) atoms. The predicted molar refractivity (Wildman–Crippen MR) is 128 cm³/mol. The minimum atomic E-state index is -1.07. The number of nitrogens with zero attached hydrogens (tertiary/aromatic N) is 3. The number of carboxylic acid groups (broad SMARTS) is 1. The zero-order valence-corrected chi connectivity index (χ0v) is 19.5. The fourth-order valence-corrected chi connectivity index (χ4v) is 3.54. The third-order valence-electron chi connectivity index (χ3n) is 5.53. The van der Waals surface area contributed by atoms with Crippen molar-refractivity contribution in [3.05, 3.63) is 99.8 Å². The summed E-state index contributed by atoms with van der Waals surface area (Å²) >= 11 is 0. The number of aryl methyl sites for hydroxylation is 1. The standard InChI is InChI=1S/C25H21FN6O5/c1-13-8-15(4-7-18(13)26)11-29-24(35)20-9-19(31-22-17(21(27)33)12-30-32(20)22)23(34)28-10-14-2-5-16(6-3-14)25(36)37/h2-9,12H,10-11H2,1H3,(H2,27,33)(H,28,34)(H,29,35)(H,36,37). The van der Waals surface area contributed by atoms with Gasteiger partial charge in [-0.25, -0.2) is 18.7 Å². The van der Waals surface area contributed by atoms with E-state index < -0.39 is 23.7 Å². The number of primary amides is 1. The molecule has 188 valence electrons. The van der Waals surface area contributed by atoms with E-state index in [0.717, 1.165) is 10.7 Å². The molecule has 0 fully saturated rings. The number of nitrogens with two attached hydrogens (primary N) is 1. The first kappa shape index (κ1) is 25.0. The van der Waals surface area contributed by atoms with E-state index >= 15 is 0 Å². The summed E-state index contributed by atoms with van der Waals surface area (Å²) in [6.45, 7) is 1.73. The lowest BCUT2D eigenvalue weighted by atomic mass is 10.1. The number of aromatic carboxylic acids is 1. The summed E-state index contributed by atoms with van der Waals surface area (Å²) in [6.07, 6.45) is 1.15. The molecule has 2 aromatic carbocycles. The van der Waals surface area contributed by atoms with Gasteiger partial charge in [-0.3, -0.25) is 14.4 Å². The summed E-state index contributed by atoms with van der Waals surface area (Å²) in [5.74, 6) is -3.54. The number of nitrogens with one attached hydrogen (secondary N) is 2. The number of aromatic nitrogens is 3. The van der Waals surface area contributed by atoms with E-state index in [1.165, 1.54) is 30.3 Å². The maximum Gasteiger partial charge on any atom is 0.335 e. The molecule has 4 rings (SSSR count). The Bertz CT molecular complexity index is 1550. The predicted octanol–water partition coefficient (Wildman–Crippen LogP) is 1.83. The van der Waals surface area contributed by atoms with Crippen LogP contribution in [-0.2, 0) is 13.1 Å². The normalized spacial score (nSPS) is 10.8. The van der Waals surface area contributed by atoms with E-state index in [9.17, 15) is 23.6 Å². The van der Waals surface area contributed by atoms with Gasteiger partial charge in [-0.15, -0.1) is 0 Å². The fraction of sp³-hybridized carbons (Fsp3) is 0.120. The third kappa shape index (κ3) is 5.42. The van der Waals surface area contributed by atoms with Gasteiger partial charge in [0.05, 0.1) is 11.8 Å². The summed E-state index contributed by atoms with van der Waals surface area (Å²) in [6, 6.07) is 11.6. The Labute approximate surface area is 209 Å². The van der Waals surface area contributed by atoms with Crippen LogP contribution in [0.1, 0.15) is 58.4 Å². The highest BCUT2D eigenvalue weighted by Crippen LogP contribution is 2.14. The lowest BCUT2D eigenvalue weighted by molar-refractivity contribution is 0.0696. The minimum absolute atomic E-state index is 0.0545. The second-order valence-electron chi connectivity index (χ2n) is 8.14. The van der Waals surface area contributed by atoms with E-state index in [4.69, 9.17) is 10.8 Å². The topological polar surface area (TPSA) is 169 Å². The van der Waals surface area contributed by atoms with Crippen LogP contribution in [-0.4, -0.2) is 43.4 Å². The van der Waals surface area contributed by atoms with Crippen LogP contribution in [0.5, 0.6) is 0 Å². The van der Waals surface area contributed by atoms with Crippen LogP contribution < -0.4 is 16.4 Å². The Morgan fingerprint density at radius 1 is 0.973 bits per heavy atom. The van der Waals surface area contributed by atoms with Crippen LogP contribution in [0.2, 0.25) is 0 Å². The molecule has 4 aromatic rings. The molecule has 0 unspecified atom stereocenters. The fourth-order valence-electron chi connectivity index (χ4n) is 3.54. The first-order chi connectivity index (χ1) is 17.6. The maximum absolute atomic E-state index is 13.5. The lowest BCUT2D eigenvalue weighted by Gasteiger charge is -2.11. The average molecular weight is 504 g/mol. The number of amides is 3. The molecule has 2 heterocycles. The van der Waals surface area contributed by atoms with Gasteiger partial charge in [0.2, 0.25) is 0 Å². The van der Waals surface area contributed by atoms with Crippen molar-refractivity contribution in [3.63, 3.8) is 0 Å². The number of benzene rings is 2. The van der Waals surface area contributed by atoms with Gasteiger partial charge in [0.1, 0.15) is 22.8 Å². The second-order valence-corrected chi connectivity index (χ2v) is 8.14. The number of carbonyl (C=O) groups excluding carboxylic acids is 3. The SMILES string of the molecule is Cc1cc(CNC(=O)c2cc(C(=O)NCc3ccc(C(=O)O)cc3)nc3c(C(N)=O)cnn23)ccc1F. The van der Waals surface area contributed by atoms with E-state index in [2.05, 4.69) is 20.7 Å². The lowest BCUT2D eigenvalue weighted by Crippen LogP contribution is -2.28. The average Bonchev–Trinajstić information content (AvgIpc) is 3.32. The molecule has 0 saturated carbocycles. The van der Waals surface area contributed by atoms with Gasteiger partial charge < -0.3 is 21.5 Å². The molecule has 0 aliphatic carbocycles. The Hall–Kier alpha value is -5.13. The monoisotopic (exact) mass is 504 g/mol. The molecule has 11 nitrogen and oxygen atoms in total. The van der Waals surface area contributed by atoms with Crippen molar-refractivity contribution in [3.8, 4) is 0 Å². The summed E-state index contributed by atoms with van der Waals surface area (Å²) in [7, 11) is 0. The molecule has 2 aromatic heterocycles. The third-order valence-corrected chi connectivity index (χ3v) is 5.53. The molecule has 5 N–H and O–H groups in total. The molecular formula is C25H21FN6O5. The molecule has 3 amide bonds. The molecule has 0 bridgehead atoms. The number of carboxylic acids is 1. The number of carbonyl (C=O) groups is 4. The first-order valence-electron chi connectivity index (χ1n) is 11.0. The Morgan fingerprint density at radius 2 is 1.62 bits per heavy atom. The Morgan fingerprint density at radius 3 is 2.27 bits per heavy atom. The van der Waals surface area contributed by atoms with Gasteiger partial charge in [0, 0.05) is 19.2 Å². The van der Waals surface area contributed by atoms with Gasteiger partial charge in [-0.05, 0) is 41.8 Å². The van der Waals surface area contributed by atoms with Crippen LogP contribution in [0.4, 0.5) is 4.39 Å². The van der Waals surface area contributed by atoms with Crippen LogP contribution in [0.15, 0.2) is 54.7 Å². The first-order valence-corrected chi connectivity index (χ1v) is 11.0. The van der Waals surface area contributed by atoms with Crippen LogP contribution in [0, 0.1) is 12.7 Å². The summed E-state index contributed by atoms with van der Waals surface area (Å²) in [5, 5.41) is 18.4. The summed E-state index contributed by atoms with van der Waals surface area (Å²) < 4.78 is 14.6. The molecule has 0 atom stereocenters. The number of fused-ring (bicyclic) bond motifs is 1. The molecule has 0 saturated heterocycles. The van der Waals surface area contributed by atoms with Crippen molar-refractivity contribution >= 4 is 29.3 Å². The number of hydrogen-bond acceptors (Lipinski definition) is 6. The Kier molecular flexibility index (Phi) is 6.91. The van der Waals surface area contributed by atoms with E-state index in [1.54, 1.807) is 25.1 Å². The van der Waals surface area contributed by atoms with Crippen molar-refractivity contribution in [1.82, 2.24) is 25.2 Å². The van der Waals surface area contributed by atoms with Gasteiger partial charge in [-0.1, -0.05) is 24.3 Å². The smallest absolute Gasteiger partial charge is 0.335 e. The molecule has 0 radical (unpaired) electrons. The minimum Gasteiger partial charge on any atom is -0.478 e. The highest BCUT2D eigenvalue weighted by atomic mass is 19.1. The summed E-state index contributed by atoms with van der Waals surface area (Å²) in [5.41, 5.74) is 6.82. The van der Waals surface area contributed by atoms with Gasteiger partial charge in [0.15, 0.2) is 5.65 Å². The van der Waals surface area contributed by atoms with Crippen molar-refractivity contribution in [2.24, 2.45) is 5.73 Å². The van der Waals surface area contributed by atoms with Gasteiger partial charge in [0.25, 0.3) is 17.7 Å². The molecule has 0 aliphatic heterocycles. The number of rotatable bonds is 8. The van der Waals surface area contributed by atoms with E-state index in [1.807, 2.05) is 0 Å². The number of halogens is 1.